The van der Waals surface area contributed by atoms with Gasteiger partial charge in [0.2, 0.25) is 0 Å². The van der Waals surface area contributed by atoms with Crippen molar-refractivity contribution in [3.63, 3.8) is 0 Å². The molecule has 0 fully saturated rings. The van der Waals surface area contributed by atoms with E-state index in [0.717, 1.165) is 0 Å². The normalized spacial score (nSPS) is 11.7. The van der Waals surface area contributed by atoms with E-state index in [1.807, 2.05) is 0 Å². The molecule has 2 amide bonds. The van der Waals surface area contributed by atoms with Gasteiger partial charge in [0.1, 0.15) is 6.04 Å². The Morgan fingerprint density at radius 2 is 2.12 bits per heavy atom. The number of amides is 2. The van der Waals surface area contributed by atoms with Gasteiger partial charge < -0.3 is 15.7 Å². The molecule has 3 N–H and O–H groups in total. The Bertz CT molecular complexity index is 453. The molecule has 0 aliphatic rings. The van der Waals surface area contributed by atoms with Gasteiger partial charge in [-0.1, -0.05) is 11.6 Å². The number of nitrogens with one attached hydrogen (secondary N) is 2. The molecule has 92 valence electrons. The van der Waals surface area contributed by atoms with E-state index in [1.165, 1.54) is 6.92 Å². The van der Waals surface area contributed by atoms with Crippen LogP contribution in [0.3, 0.4) is 0 Å². The summed E-state index contributed by atoms with van der Waals surface area (Å²) in [5, 5.41) is 13.9. The molecule has 0 spiro atoms. The van der Waals surface area contributed by atoms with Crippen molar-refractivity contribution in [2.45, 2.75) is 13.0 Å². The van der Waals surface area contributed by atoms with Gasteiger partial charge in [-0.2, -0.15) is 0 Å². The number of hydrogen-bond acceptors (Lipinski definition) is 2. The van der Waals surface area contributed by atoms with Crippen molar-refractivity contribution in [3.05, 3.63) is 27.7 Å². The maximum Gasteiger partial charge on any atom is 0.325 e. The molecule has 0 heterocycles. The van der Waals surface area contributed by atoms with Crippen molar-refractivity contribution < 1.29 is 14.7 Å². The molecule has 17 heavy (non-hydrogen) atoms. The second-order valence-electron chi connectivity index (χ2n) is 3.29. The van der Waals surface area contributed by atoms with E-state index in [1.54, 1.807) is 18.2 Å². The summed E-state index contributed by atoms with van der Waals surface area (Å²) in [6.07, 6.45) is 0. The Morgan fingerprint density at radius 1 is 1.47 bits per heavy atom. The third-order valence-electron chi connectivity index (χ3n) is 1.90. The highest BCUT2D eigenvalue weighted by Gasteiger charge is 2.13. The highest BCUT2D eigenvalue weighted by atomic mass is 79.9. The molecule has 0 aliphatic carbocycles. The Balaban J connectivity index is 2.62. The van der Waals surface area contributed by atoms with Gasteiger partial charge in [0, 0.05) is 10.2 Å². The minimum absolute atomic E-state index is 0.511. The van der Waals surface area contributed by atoms with Crippen LogP contribution in [0.4, 0.5) is 10.5 Å². The van der Waals surface area contributed by atoms with Crippen LogP contribution in [0.5, 0.6) is 0 Å². The van der Waals surface area contributed by atoms with E-state index in [0.29, 0.717) is 15.2 Å². The number of aliphatic carboxylic acids is 1. The second kappa shape index (κ2) is 5.88. The zero-order valence-electron chi connectivity index (χ0n) is 8.83. The van der Waals surface area contributed by atoms with Crippen LogP contribution in [0.15, 0.2) is 22.7 Å². The molecule has 1 rings (SSSR count). The van der Waals surface area contributed by atoms with Crippen molar-refractivity contribution >= 4 is 45.2 Å². The molecule has 0 saturated heterocycles. The molecule has 0 aliphatic heterocycles. The van der Waals surface area contributed by atoms with Crippen LogP contribution >= 0.6 is 27.5 Å². The summed E-state index contributed by atoms with van der Waals surface area (Å²) < 4.78 is 0.642. The highest BCUT2D eigenvalue weighted by Crippen LogP contribution is 2.25. The van der Waals surface area contributed by atoms with Gasteiger partial charge in [0.25, 0.3) is 0 Å². The summed E-state index contributed by atoms with van der Waals surface area (Å²) in [5.41, 5.74) is 0.511. The SMILES string of the molecule is C[C@@H](NC(=O)Nc1ccc(Cl)c(Br)c1)C(=O)O. The lowest BCUT2D eigenvalue weighted by Gasteiger charge is -2.11. The Kier molecular flexibility index (Phi) is 4.77. The average molecular weight is 322 g/mol. The summed E-state index contributed by atoms with van der Waals surface area (Å²) in [6.45, 7) is 1.37. The molecular weight excluding hydrogens is 311 g/mol. The molecule has 5 nitrogen and oxygen atoms in total. The third-order valence-corrected chi connectivity index (χ3v) is 3.11. The van der Waals surface area contributed by atoms with Gasteiger partial charge in [-0.3, -0.25) is 4.79 Å². The summed E-state index contributed by atoms with van der Waals surface area (Å²) in [5.74, 6) is -1.10. The van der Waals surface area contributed by atoms with Gasteiger partial charge in [0.15, 0.2) is 0 Å². The van der Waals surface area contributed by atoms with Gasteiger partial charge >= 0.3 is 12.0 Å². The van der Waals surface area contributed by atoms with Gasteiger partial charge in [-0.05, 0) is 41.1 Å². The lowest BCUT2D eigenvalue weighted by atomic mass is 10.3. The minimum atomic E-state index is -1.10. The Hall–Kier alpha value is -1.27. The van der Waals surface area contributed by atoms with E-state index in [-0.39, 0.29) is 0 Å². The fourth-order valence-corrected chi connectivity index (χ4v) is 1.50. The van der Waals surface area contributed by atoms with Crippen molar-refractivity contribution in [1.82, 2.24) is 5.32 Å². The fourth-order valence-electron chi connectivity index (χ4n) is 0.999. The largest absolute Gasteiger partial charge is 0.480 e. The molecular formula is C10H10BrClN2O3. The smallest absolute Gasteiger partial charge is 0.325 e. The lowest BCUT2D eigenvalue weighted by molar-refractivity contribution is -0.138. The number of benzene rings is 1. The topological polar surface area (TPSA) is 78.4 Å². The number of halogens is 2. The summed E-state index contributed by atoms with van der Waals surface area (Å²) >= 11 is 9.00. The Morgan fingerprint density at radius 3 is 2.65 bits per heavy atom. The molecule has 0 radical (unpaired) electrons. The zero-order valence-corrected chi connectivity index (χ0v) is 11.2. The third kappa shape index (κ3) is 4.24. The molecule has 7 heteroatoms. The van der Waals surface area contributed by atoms with Gasteiger partial charge in [-0.25, -0.2) is 4.79 Å². The number of carbonyl (C=O) groups is 2. The van der Waals surface area contributed by atoms with Crippen LogP contribution in [-0.4, -0.2) is 23.1 Å². The first-order valence-corrected chi connectivity index (χ1v) is 5.82. The fraction of sp³-hybridized carbons (Fsp3) is 0.200. The quantitative estimate of drug-likeness (QED) is 0.801. The van der Waals surface area contributed by atoms with Crippen LogP contribution in [0, 0.1) is 0 Å². The summed E-state index contributed by atoms with van der Waals surface area (Å²) in [4.78, 5) is 21.9. The van der Waals surface area contributed by atoms with Crippen LogP contribution in [0.1, 0.15) is 6.92 Å². The number of anilines is 1. The van der Waals surface area contributed by atoms with E-state index in [9.17, 15) is 9.59 Å². The first-order valence-electron chi connectivity index (χ1n) is 4.65. The summed E-state index contributed by atoms with van der Waals surface area (Å²) in [6, 6.07) is 3.30. The Labute approximate surface area is 111 Å². The standard InChI is InChI=1S/C10H10BrClN2O3/c1-5(9(15)16)13-10(17)14-6-2-3-8(12)7(11)4-6/h2-5H,1H3,(H,15,16)(H2,13,14,17)/t5-/m1/s1. The maximum absolute atomic E-state index is 11.4. The van der Waals surface area contributed by atoms with Crippen molar-refractivity contribution in [3.8, 4) is 0 Å². The summed E-state index contributed by atoms with van der Waals surface area (Å²) in [7, 11) is 0. The van der Waals surface area contributed by atoms with E-state index in [4.69, 9.17) is 16.7 Å². The minimum Gasteiger partial charge on any atom is -0.480 e. The second-order valence-corrected chi connectivity index (χ2v) is 4.55. The van der Waals surface area contributed by atoms with Gasteiger partial charge in [-0.15, -0.1) is 0 Å². The zero-order chi connectivity index (χ0) is 13.0. The highest BCUT2D eigenvalue weighted by molar-refractivity contribution is 9.10. The molecule has 1 aromatic rings. The van der Waals surface area contributed by atoms with Gasteiger partial charge in [0.05, 0.1) is 5.02 Å². The van der Waals surface area contributed by atoms with Crippen LogP contribution < -0.4 is 10.6 Å². The molecule has 0 bridgehead atoms. The monoisotopic (exact) mass is 320 g/mol. The molecule has 0 saturated carbocycles. The average Bonchev–Trinajstić information content (AvgIpc) is 2.23. The number of carbonyl (C=O) groups excluding carboxylic acids is 1. The van der Waals surface area contributed by atoms with Crippen molar-refractivity contribution in [2.24, 2.45) is 0 Å². The van der Waals surface area contributed by atoms with E-state index >= 15 is 0 Å². The van der Waals surface area contributed by atoms with Crippen LogP contribution in [0.25, 0.3) is 0 Å². The lowest BCUT2D eigenvalue weighted by Crippen LogP contribution is -2.40. The first-order chi connectivity index (χ1) is 7.90. The maximum atomic E-state index is 11.4. The van der Waals surface area contributed by atoms with Crippen molar-refractivity contribution in [1.29, 1.82) is 0 Å². The molecule has 1 aromatic carbocycles. The number of carboxylic acids is 1. The molecule has 0 unspecified atom stereocenters. The predicted molar refractivity (Wildman–Crippen MR) is 68.4 cm³/mol. The number of carboxylic acid groups (broad SMARTS) is 1. The van der Waals surface area contributed by atoms with Crippen LogP contribution in [0.2, 0.25) is 5.02 Å². The van der Waals surface area contributed by atoms with Crippen molar-refractivity contribution in [2.75, 3.05) is 5.32 Å². The number of hydrogen-bond donors (Lipinski definition) is 3. The first kappa shape index (κ1) is 13.8. The number of urea groups is 1. The van der Waals surface area contributed by atoms with E-state index in [2.05, 4.69) is 26.6 Å². The predicted octanol–water partition coefficient (Wildman–Crippen LogP) is 2.70. The molecule has 1 atom stereocenters. The van der Waals surface area contributed by atoms with E-state index < -0.39 is 18.0 Å². The number of rotatable bonds is 3. The molecule has 0 aromatic heterocycles. The van der Waals surface area contributed by atoms with Crippen LogP contribution in [-0.2, 0) is 4.79 Å².